The molecule has 0 aliphatic carbocycles. The molecule has 1 unspecified atom stereocenters. The van der Waals surface area contributed by atoms with E-state index in [1.165, 1.54) is 12.1 Å². The van der Waals surface area contributed by atoms with Crippen LogP contribution < -0.4 is 5.73 Å². The van der Waals surface area contributed by atoms with Crippen molar-refractivity contribution in [2.75, 3.05) is 0 Å². The van der Waals surface area contributed by atoms with E-state index in [0.717, 1.165) is 24.3 Å². The van der Waals surface area contributed by atoms with Crippen molar-refractivity contribution in [1.82, 2.24) is 0 Å². The third-order valence-corrected chi connectivity index (χ3v) is 3.56. The van der Waals surface area contributed by atoms with Crippen molar-refractivity contribution in [3.63, 3.8) is 0 Å². The molecule has 21 heavy (non-hydrogen) atoms. The van der Waals surface area contributed by atoms with Gasteiger partial charge in [-0.05, 0) is 45.8 Å². The van der Waals surface area contributed by atoms with Gasteiger partial charge in [-0.1, -0.05) is 12.1 Å². The standard InChI is InChI=1S/C14H9BrF5N/c15-10-6-11(16)9(5-12(10)17)13(21)7-2-1-3-8(4-7)14(18,19)20/h1-6,13H,21H2. The summed E-state index contributed by atoms with van der Waals surface area (Å²) in [4.78, 5) is 0. The quantitative estimate of drug-likeness (QED) is 0.600. The normalized spacial score (nSPS) is 13.3. The summed E-state index contributed by atoms with van der Waals surface area (Å²) < 4.78 is 65.1. The SMILES string of the molecule is NC(c1cccc(C(F)(F)F)c1)c1cc(F)c(Br)cc1F. The summed E-state index contributed by atoms with van der Waals surface area (Å²) in [5, 5.41) is 0. The Morgan fingerprint density at radius 3 is 2.29 bits per heavy atom. The first-order chi connectivity index (χ1) is 9.70. The molecule has 0 saturated heterocycles. The molecule has 2 N–H and O–H groups in total. The van der Waals surface area contributed by atoms with Crippen LogP contribution in [-0.4, -0.2) is 0 Å². The van der Waals surface area contributed by atoms with Crippen LogP contribution in [-0.2, 0) is 6.18 Å². The molecule has 2 aromatic rings. The maximum absolute atomic E-state index is 13.8. The van der Waals surface area contributed by atoms with E-state index in [1.54, 1.807) is 0 Å². The molecule has 2 aromatic carbocycles. The average molecular weight is 366 g/mol. The first-order valence-corrected chi connectivity index (χ1v) is 6.56. The third-order valence-electron chi connectivity index (χ3n) is 2.95. The lowest BCUT2D eigenvalue weighted by molar-refractivity contribution is -0.137. The number of benzene rings is 2. The van der Waals surface area contributed by atoms with Gasteiger partial charge in [-0.3, -0.25) is 0 Å². The Bertz CT molecular complexity index is 669. The van der Waals surface area contributed by atoms with Crippen molar-refractivity contribution in [2.45, 2.75) is 12.2 Å². The second kappa shape index (κ2) is 5.73. The van der Waals surface area contributed by atoms with Gasteiger partial charge in [-0.2, -0.15) is 13.2 Å². The highest BCUT2D eigenvalue weighted by molar-refractivity contribution is 9.10. The fourth-order valence-corrected chi connectivity index (χ4v) is 2.18. The van der Waals surface area contributed by atoms with Gasteiger partial charge in [0.25, 0.3) is 0 Å². The van der Waals surface area contributed by atoms with E-state index in [9.17, 15) is 22.0 Å². The second-order valence-corrected chi connectivity index (χ2v) is 5.24. The summed E-state index contributed by atoms with van der Waals surface area (Å²) in [5.74, 6) is -1.54. The molecular weight excluding hydrogens is 357 g/mol. The zero-order valence-electron chi connectivity index (χ0n) is 10.4. The average Bonchev–Trinajstić information content (AvgIpc) is 2.41. The highest BCUT2D eigenvalue weighted by Crippen LogP contribution is 2.32. The van der Waals surface area contributed by atoms with Gasteiger partial charge < -0.3 is 5.73 Å². The van der Waals surface area contributed by atoms with Gasteiger partial charge in [0.15, 0.2) is 0 Å². The highest BCUT2D eigenvalue weighted by Gasteiger charge is 2.31. The first kappa shape index (κ1) is 15.9. The molecule has 0 spiro atoms. The Morgan fingerprint density at radius 1 is 1.00 bits per heavy atom. The molecule has 0 bridgehead atoms. The van der Waals surface area contributed by atoms with Gasteiger partial charge in [-0.25, -0.2) is 8.78 Å². The Morgan fingerprint density at radius 2 is 1.67 bits per heavy atom. The van der Waals surface area contributed by atoms with Gasteiger partial charge in [0, 0.05) is 5.56 Å². The van der Waals surface area contributed by atoms with Crippen molar-refractivity contribution in [2.24, 2.45) is 5.73 Å². The number of halogens is 6. The predicted octanol–water partition coefficient (Wildman–Crippen LogP) is 4.79. The molecular formula is C14H9BrF5N. The van der Waals surface area contributed by atoms with Gasteiger partial charge in [-0.15, -0.1) is 0 Å². The van der Waals surface area contributed by atoms with Crippen LogP contribution in [0.3, 0.4) is 0 Å². The monoisotopic (exact) mass is 365 g/mol. The highest BCUT2D eigenvalue weighted by atomic mass is 79.9. The molecule has 7 heteroatoms. The van der Waals surface area contributed by atoms with Crippen LogP contribution in [0.15, 0.2) is 40.9 Å². The smallest absolute Gasteiger partial charge is 0.320 e. The number of hydrogen-bond donors (Lipinski definition) is 1. The minimum absolute atomic E-state index is 0.0467. The molecule has 1 atom stereocenters. The van der Waals surface area contributed by atoms with E-state index >= 15 is 0 Å². The van der Waals surface area contributed by atoms with Crippen molar-refractivity contribution in [1.29, 1.82) is 0 Å². The lowest BCUT2D eigenvalue weighted by atomic mass is 9.97. The van der Waals surface area contributed by atoms with Crippen LogP contribution in [0.4, 0.5) is 22.0 Å². The summed E-state index contributed by atoms with van der Waals surface area (Å²) in [6, 6.07) is 4.76. The van der Waals surface area contributed by atoms with Crippen molar-refractivity contribution >= 4 is 15.9 Å². The zero-order chi connectivity index (χ0) is 15.8. The lowest BCUT2D eigenvalue weighted by Gasteiger charge is -2.16. The van der Waals surface area contributed by atoms with Crippen LogP contribution in [0.2, 0.25) is 0 Å². The molecule has 0 amide bonds. The first-order valence-electron chi connectivity index (χ1n) is 5.77. The maximum Gasteiger partial charge on any atom is 0.416 e. The maximum atomic E-state index is 13.8. The molecule has 0 aromatic heterocycles. The Labute approximate surface area is 125 Å². The van der Waals surface area contributed by atoms with E-state index < -0.39 is 29.4 Å². The van der Waals surface area contributed by atoms with Gasteiger partial charge in [0.1, 0.15) is 11.6 Å². The van der Waals surface area contributed by atoms with Crippen LogP contribution in [0.5, 0.6) is 0 Å². The number of alkyl halides is 3. The molecule has 0 aliphatic heterocycles. The minimum atomic E-state index is -4.53. The van der Waals surface area contributed by atoms with Crippen molar-refractivity contribution in [3.05, 3.63) is 69.2 Å². The second-order valence-electron chi connectivity index (χ2n) is 4.39. The van der Waals surface area contributed by atoms with Crippen molar-refractivity contribution in [3.8, 4) is 0 Å². The molecule has 0 aliphatic rings. The summed E-state index contributed by atoms with van der Waals surface area (Å²) in [5.41, 5.74) is 4.70. The topological polar surface area (TPSA) is 26.0 Å². The Hall–Kier alpha value is -1.47. The molecule has 0 fully saturated rings. The van der Waals surface area contributed by atoms with Gasteiger partial charge in [0.2, 0.25) is 0 Å². The summed E-state index contributed by atoms with van der Waals surface area (Å²) in [7, 11) is 0. The number of rotatable bonds is 2. The van der Waals surface area contributed by atoms with Crippen LogP contribution in [0.25, 0.3) is 0 Å². The molecule has 0 radical (unpaired) electrons. The number of hydrogen-bond acceptors (Lipinski definition) is 1. The van der Waals surface area contributed by atoms with E-state index in [-0.39, 0.29) is 15.6 Å². The molecule has 0 saturated carbocycles. The predicted molar refractivity (Wildman–Crippen MR) is 71.5 cm³/mol. The van der Waals surface area contributed by atoms with Crippen LogP contribution in [0.1, 0.15) is 22.7 Å². The van der Waals surface area contributed by atoms with Crippen LogP contribution >= 0.6 is 15.9 Å². The van der Waals surface area contributed by atoms with Crippen molar-refractivity contribution < 1.29 is 22.0 Å². The third kappa shape index (κ3) is 3.41. The Balaban J connectivity index is 2.45. The zero-order valence-corrected chi connectivity index (χ0v) is 12.0. The lowest BCUT2D eigenvalue weighted by Crippen LogP contribution is -2.15. The van der Waals surface area contributed by atoms with Gasteiger partial charge >= 0.3 is 6.18 Å². The summed E-state index contributed by atoms with van der Waals surface area (Å²) in [6.45, 7) is 0. The Kier molecular flexibility index (Phi) is 4.34. The van der Waals surface area contributed by atoms with Crippen LogP contribution in [0, 0.1) is 11.6 Å². The fraction of sp³-hybridized carbons (Fsp3) is 0.143. The summed E-state index contributed by atoms with van der Waals surface area (Å²) in [6.07, 6.45) is -4.53. The van der Waals surface area contributed by atoms with E-state index in [4.69, 9.17) is 5.73 Å². The van der Waals surface area contributed by atoms with E-state index in [0.29, 0.717) is 0 Å². The fourth-order valence-electron chi connectivity index (χ4n) is 1.86. The van der Waals surface area contributed by atoms with E-state index in [1.807, 2.05) is 0 Å². The summed E-state index contributed by atoms with van der Waals surface area (Å²) >= 11 is 2.82. The number of nitrogens with two attached hydrogens (primary N) is 1. The molecule has 2 rings (SSSR count). The largest absolute Gasteiger partial charge is 0.416 e. The van der Waals surface area contributed by atoms with E-state index in [2.05, 4.69) is 15.9 Å². The molecule has 112 valence electrons. The minimum Gasteiger partial charge on any atom is -0.320 e. The molecule has 0 heterocycles. The van der Waals surface area contributed by atoms with Gasteiger partial charge in [0.05, 0.1) is 16.1 Å². The molecule has 1 nitrogen and oxygen atoms in total.